The van der Waals surface area contributed by atoms with Crippen LogP contribution in [0.2, 0.25) is 5.02 Å². The fourth-order valence-corrected chi connectivity index (χ4v) is 4.28. The molecule has 0 aliphatic rings. The van der Waals surface area contributed by atoms with Gasteiger partial charge in [-0.3, -0.25) is 19.5 Å². The van der Waals surface area contributed by atoms with E-state index in [-0.39, 0.29) is 31.5 Å². The average molecular weight is 561 g/mol. The van der Waals surface area contributed by atoms with Crippen molar-refractivity contribution in [3.05, 3.63) is 95.1 Å². The largest absolute Gasteiger partial charge is 0.497 e. The highest BCUT2D eigenvalue weighted by atomic mass is 35.5. The number of imidazole rings is 1. The van der Waals surface area contributed by atoms with Crippen LogP contribution in [0.1, 0.15) is 35.7 Å². The summed E-state index contributed by atoms with van der Waals surface area (Å²) in [4.78, 5) is 32.7. The van der Waals surface area contributed by atoms with Gasteiger partial charge in [-0.2, -0.15) is 0 Å². The number of amides is 2. The van der Waals surface area contributed by atoms with Gasteiger partial charge < -0.3 is 14.4 Å². The summed E-state index contributed by atoms with van der Waals surface area (Å²) in [5, 5.41) is 3.44. The molecule has 0 saturated heterocycles. The predicted molar refractivity (Wildman–Crippen MR) is 158 cm³/mol. The first-order chi connectivity index (χ1) is 19.3. The number of halogens is 1. The van der Waals surface area contributed by atoms with E-state index < -0.39 is 0 Å². The van der Waals surface area contributed by atoms with Crippen molar-refractivity contribution in [2.24, 2.45) is 0 Å². The van der Waals surface area contributed by atoms with Crippen LogP contribution in [-0.4, -0.2) is 60.2 Å². The molecule has 208 valence electrons. The molecule has 1 heterocycles. The Bertz CT molecular complexity index is 1430. The monoisotopic (exact) mass is 560 g/mol. The Morgan fingerprint density at radius 1 is 0.975 bits per heavy atom. The first kappa shape index (κ1) is 28.9. The average Bonchev–Trinajstić information content (AvgIpc) is 3.38. The molecule has 4 aromatic rings. The number of rotatable bonds is 11. The molecule has 0 bridgehead atoms. The number of methoxy groups -OCH3 is 2. The number of nitrogens with one attached hydrogen (secondary N) is 1. The third-order valence-corrected chi connectivity index (χ3v) is 6.71. The summed E-state index contributed by atoms with van der Waals surface area (Å²) in [5.74, 6) is 0.795. The minimum atomic E-state index is -0.384. The van der Waals surface area contributed by atoms with Gasteiger partial charge >= 0.3 is 0 Å². The highest BCUT2D eigenvalue weighted by Gasteiger charge is 2.21. The molecule has 0 aliphatic heterocycles. The normalized spacial score (nSPS) is 10.9. The summed E-state index contributed by atoms with van der Waals surface area (Å²) in [6, 6.07) is 22.2. The van der Waals surface area contributed by atoms with Crippen molar-refractivity contribution in [1.82, 2.24) is 14.5 Å². The number of hydrogen-bond donors (Lipinski definition) is 1. The number of aromatic nitrogens is 2. The predicted octanol–water partition coefficient (Wildman–Crippen LogP) is 6.05. The van der Waals surface area contributed by atoms with Crippen molar-refractivity contribution in [3.63, 3.8) is 0 Å². The Balaban J connectivity index is 1.62. The van der Waals surface area contributed by atoms with Crippen molar-refractivity contribution < 1.29 is 19.1 Å². The van der Waals surface area contributed by atoms with Gasteiger partial charge in [0, 0.05) is 41.7 Å². The van der Waals surface area contributed by atoms with E-state index in [4.69, 9.17) is 26.1 Å². The van der Waals surface area contributed by atoms with Gasteiger partial charge in [0.2, 0.25) is 11.9 Å². The van der Waals surface area contributed by atoms with Crippen molar-refractivity contribution >= 4 is 29.4 Å². The number of carbonyl (C=O) groups is 2. The lowest BCUT2D eigenvalue weighted by molar-refractivity contribution is -0.117. The summed E-state index contributed by atoms with van der Waals surface area (Å²) in [7, 11) is 3.17. The second-order valence-corrected chi connectivity index (χ2v) is 10.0. The van der Waals surface area contributed by atoms with Gasteiger partial charge in [0.25, 0.3) is 5.91 Å². The smallest absolute Gasteiger partial charge is 0.254 e. The minimum absolute atomic E-state index is 0.179. The number of hydrogen-bond acceptors (Lipinski definition) is 5. The first-order valence-electron chi connectivity index (χ1n) is 13.0. The summed E-state index contributed by atoms with van der Waals surface area (Å²) >= 11 is 5.98. The summed E-state index contributed by atoms with van der Waals surface area (Å²) < 4.78 is 12.3. The standard InChI is InChI=1S/C31H33ClN4O4/c1-21(2)22-7-13-26(14-8-22)36-19-28(23-9-15-27(40-4)16-10-23)33-31(36)34-29(37)20-35(17-18-39-3)30(38)24-5-11-25(32)12-6-24/h5-16,19,21H,17-18,20H2,1-4H3,(H,33,34,37). The van der Waals surface area contributed by atoms with Crippen LogP contribution in [0.5, 0.6) is 5.75 Å². The molecule has 0 unspecified atom stereocenters. The van der Waals surface area contributed by atoms with E-state index in [1.54, 1.807) is 38.5 Å². The van der Waals surface area contributed by atoms with Crippen LogP contribution >= 0.6 is 11.6 Å². The Kier molecular flexibility index (Phi) is 9.58. The summed E-state index contributed by atoms with van der Waals surface area (Å²) in [6.07, 6.45) is 1.88. The molecule has 8 nitrogen and oxygen atoms in total. The van der Waals surface area contributed by atoms with Crippen LogP contribution < -0.4 is 10.1 Å². The molecule has 40 heavy (non-hydrogen) atoms. The zero-order chi connectivity index (χ0) is 28.6. The zero-order valence-electron chi connectivity index (χ0n) is 23.1. The minimum Gasteiger partial charge on any atom is -0.497 e. The Morgan fingerprint density at radius 3 is 2.25 bits per heavy atom. The number of benzene rings is 3. The third kappa shape index (κ3) is 7.08. The van der Waals surface area contributed by atoms with Gasteiger partial charge in [-0.1, -0.05) is 37.6 Å². The topological polar surface area (TPSA) is 85.7 Å². The van der Waals surface area contributed by atoms with Gasteiger partial charge in [0.15, 0.2) is 0 Å². The summed E-state index contributed by atoms with van der Waals surface area (Å²) in [6.45, 7) is 4.63. The fourth-order valence-electron chi connectivity index (χ4n) is 4.15. The summed E-state index contributed by atoms with van der Waals surface area (Å²) in [5.41, 5.74) is 4.04. The lowest BCUT2D eigenvalue weighted by atomic mass is 10.0. The molecule has 1 N–H and O–H groups in total. The molecular formula is C31H33ClN4O4. The maximum Gasteiger partial charge on any atom is 0.254 e. The van der Waals surface area contributed by atoms with E-state index >= 15 is 0 Å². The Hall–Kier alpha value is -4.14. The van der Waals surface area contributed by atoms with Crippen molar-refractivity contribution in [2.75, 3.05) is 39.2 Å². The molecule has 2 amide bonds. The zero-order valence-corrected chi connectivity index (χ0v) is 23.8. The molecule has 0 atom stereocenters. The maximum absolute atomic E-state index is 13.3. The van der Waals surface area contributed by atoms with Gasteiger partial charge in [-0.25, -0.2) is 4.98 Å². The van der Waals surface area contributed by atoms with Crippen molar-refractivity contribution in [3.8, 4) is 22.7 Å². The van der Waals surface area contributed by atoms with Crippen molar-refractivity contribution in [2.45, 2.75) is 19.8 Å². The number of anilines is 1. The van der Waals surface area contributed by atoms with Crippen LogP contribution in [0.4, 0.5) is 5.95 Å². The van der Waals surface area contributed by atoms with Gasteiger partial charge in [0.1, 0.15) is 12.3 Å². The fraction of sp³-hybridized carbons (Fsp3) is 0.258. The van der Waals surface area contributed by atoms with Crippen molar-refractivity contribution in [1.29, 1.82) is 0 Å². The Morgan fingerprint density at radius 2 is 1.65 bits per heavy atom. The quantitative estimate of drug-likeness (QED) is 0.241. The van der Waals surface area contributed by atoms with Crippen LogP contribution in [0, 0.1) is 0 Å². The number of ether oxygens (including phenoxy) is 2. The maximum atomic E-state index is 13.3. The molecule has 1 aromatic heterocycles. The van der Waals surface area contributed by atoms with Crippen LogP contribution in [0.15, 0.2) is 79.0 Å². The second kappa shape index (κ2) is 13.3. The van der Waals surface area contributed by atoms with Gasteiger partial charge in [0.05, 0.1) is 19.4 Å². The third-order valence-electron chi connectivity index (χ3n) is 6.46. The van der Waals surface area contributed by atoms with Gasteiger partial charge in [-0.15, -0.1) is 0 Å². The van der Waals surface area contributed by atoms with E-state index in [9.17, 15) is 9.59 Å². The molecule has 9 heteroatoms. The molecular weight excluding hydrogens is 528 g/mol. The Labute approximate surface area is 239 Å². The molecule has 0 aliphatic carbocycles. The van der Waals surface area contributed by atoms with E-state index in [0.29, 0.717) is 28.1 Å². The lowest BCUT2D eigenvalue weighted by Gasteiger charge is -2.22. The molecule has 4 rings (SSSR count). The van der Waals surface area contributed by atoms with E-state index in [1.807, 2.05) is 47.2 Å². The van der Waals surface area contributed by atoms with Crippen LogP contribution in [0.3, 0.4) is 0 Å². The molecule has 0 saturated carbocycles. The van der Waals surface area contributed by atoms with E-state index in [2.05, 4.69) is 31.3 Å². The second-order valence-electron chi connectivity index (χ2n) is 9.57. The van der Waals surface area contributed by atoms with Gasteiger partial charge in [-0.05, 0) is 72.1 Å². The molecule has 0 fully saturated rings. The molecule has 0 radical (unpaired) electrons. The first-order valence-corrected chi connectivity index (χ1v) is 13.3. The highest BCUT2D eigenvalue weighted by molar-refractivity contribution is 6.30. The lowest BCUT2D eigenvalue weighted by Crippen LogP contribution is -2.40. The number of carbonyl (C=O) groups excluding carboxylic acids is 2. The van der Waals surface area contributed by atoms with E-state index in [1.165, 1.54) is 10.5 Å². The molecule has 3 aromatic carbocycles. The molecule has 0 spiro atoms. The highest BCUT2D eigenvalue weighted by Crippen LogP contribution is 2.27. The van der Waals surface area contributed by atoms with Crippen LogP contribution in [0.25, 0.3) is 16.9 Å². The SMILES string of the molecule is COCCN(CC(=O)Nc1nc(-c2ccc(OC)cc2)cn1-c1ccc(C(C)C)cc1)C(=O)c1ccc(Cl)cc1. The van der Waals surface area contributed by atoms with Crippen LogP contribution in [-0.2, 0) is 9.53 Å². The van der Waals surface area contributed by atoms with E-state index in [0.717, 1.165) is 17.0 Å². The number of nitrogens with zero attached hydrogens (tertiary/aromatic N) is 3.